The Morgan fingerprint density at radius 1 is 1.20 bits per heavy atom. The second-order valence-corrected chi connectivity index (χ2v) is 6.83. The van der Waals surface area contributed by atoms with Crippen LogP contribution in [-0.4, -0.2) is 58.9 Å². The van der Waals surface area contributed by atoms with Crippen molar-refractivity contribution in [1.29, 1.82) is 0 Å². The molecule has 132 valence electrons. The average molecular weight is 360 g/mol. The van der Waals surface area contributed by atoms with E-state index < -0.39 is 0 Å². The summed E-state index contributed by atoms with van der Waals surface area (Å²) in [4.78, 5) is 25.3. The quantitative estimate of drug-likeness (QED) is 0.913. The van der Waals surface area contributed by atoms with Gasteiger partial charge in [0.05, 0.1) is 10.7 Å². The molecule has 25 heavy (non-hydrogen) atoms. The first-order chi connectivity index (χ1) is 11.9. The number of carbonyl (C=O) groups excluding carboxylic acids is 1. The molecular weight excluding hydrogens is 338 g/mol. The van der Waals surface area contributed by atoms with Crippen molar-refractivity contribution in [3.8, 4) is 0 Å². The van der Waals surface area contributed by atoms with Crippen molar-refractivity contribution in [2.45, 2.75) is 13.8 Å². The summed E-state index contributed by atoms with van der Waals surface area (Å²) >= 11 is 6.32. The van der Waals surface area contributed by atoms with Gasteiger partial charge in [-0.3, -0.25) is 4.79 Å². The fraction of sp³-hybridized carbons (Fsp3) is 0.389. The Hall–Kier alpha value is -2.18. The molecule has 0 radical (unpaired) electrons. The molecule has 0 bridgehead atoms. The van der Waals surface area contributed by atoms with E-state index in [4.69, 9.17) is 11.6 Å². The van der Waals surface area contributed by atoms with Crippen molar-refractivity contribution in [3.05, 3.63) is 46.2 Å². The minimum atomic E-state index is -0.0646. The Morgan fingerprint density at radius 3 is 2.60 bits per heavy atom. The van der Waals surface area contributed by atoms with Crippen molar-refractivity contribution < 1.29 is 4.79 Å². The molecule has 1 N–H and O–H groups in total. The van der Waals surface area contributed by atoms with Crippen LogP contribution in [0.3, 0.4) is 0 Å². The van der Waals surface area contributed by atoms with Gasteiger partial charge in [0.1, 0.15) is 5.69 Å². The summed E-state index contributed by atoms with van der Waals surface area (Å²) in [5.41, 5.74) is 3.25. The molecule has 7 heteroatoms. The van der Waals surface area contributed by atoms with Crippen LogP contribution in [0.4, 0.5) is 11.6 Å². The zero-order valence-electron chi connectivity index (χ0n) is 14.7. The molecule has 1 saturated heterocycles. The minimum absolute atomic E-state index is 0.0646. The summed E-state index contributed by atoms with van der Waals surface area (Å²) < 4.78 is 0. The number of aromatic nitrogens is 2. The van der Waals surface area contributed by atoms with E-state index in [2.05, 4.69) is 27.2 Å². The van der Waals surface area contributed by atoms with Crippen LogP contribution < -0.4 is 5.32 Å². The monoisotopic (exact) mass is 359 g/mol. The van der Waals surface area contributed by atoms with Gasteiger partial charge in [-0.15, -0.1) is 0 Å². The zero-order chi connectivity index (χ0) is 18.0. The summed E-state index contributed by atoms with van der Waals surface area (Å²) in [6.45, 7) is 7.14. The number of nitrogens with zero attached hydrogens (tertiary/aromatic N) is 4. The maximum absolute atomic E-state index is 12.7. The normalized spacial score (nSPS) is 15.3. The molecule has 3 rings (SSSR count). The van der Waals surface area contributed by atoms with E-state index in [1.807, 2.05) is 30.9 Å². The lowest BCUT2D eigenvalue weighted by atomic mass is 10.1. The molecule has 0 saturated carbocycles. The van der Waals surface area contributed by atoms with E-state index in [0.29, 0.717) is 29.8 Å². The number of hydrogen-bond acceptors (Lipinski definition) is 5. The van der Waals surface area contributed by atoms with E-state index >= 15 is 0 Å². The molecule has 0 atom stereocenters. The fourth-order valence-electron chi connectivity index (χ4n) is 2.90. The number of nitrogens with one attached hydrogen (secondary N) is 1. The summed E-state index contributed by atoms with van der Waals surface area (Å²) in [5.74, 6) is 0.305. The molecule has 0 unspecified atom stereocenters. The van der Waals surface area contributed by atoms with Crippen molar-refractivity contribution >= 4 is 29.1 Å². The van der Waals surface area contributed by atoms with Crippen LogP contribution >= 0.6 is 11.6 Å². The number of carbonyl (C=O) groups is 1. The number of likely N-dealkylation sites (N-methyl/N-ethyl adjacent to an activating group) is 1. The van der Waals surface area contributed by atoms with E-state index in [9.17, 15) is 4.79 Å². The smallest absolute Gasteiger partial charge is 0.272 e. The summed E-state index contributed by atoms with van der Waals surface area (Å²) in [6.07, 6.45) is 1.59. The molecule has 1 aromatic carbocycles. The Bertz CT molecular complexity index is 764. The van der Waals surface area contributed by atoms with Crippen LogP contribution in [0.5, 0.6) is 0 Å². The molecule has 2 heterocycles. The van der Waals surface area contributed by atoms with Gasteiger partial charge in [-0.1, -0.05) is 17.7 Å². The van der Waals surface area contributed by atoms with Crippen molar-refractivity contribution in [1.82, 2.24) is 19.8 Å². The van der Waals surface area contributed by atoms with Gasteiger partial charge in [0.2, 0.25) is 5.95 Å². The maximum atomic E-state index is 12.7. The van der Waals surface area contributed by atoms with Crippen LogP contribution in [0.25, 0.3) is 0 Å². The first-order valence-corrected chi connectivity index (χ1v) is 8.66. The second kappa shape index (κ2) is 7.37. The van der Waals surface area contributed by atoms with Crippen LogP contribution in [0.1, 0.15) is 21.6 Å². The van der Waals surface area contributed by atoms with Gasteiger partial charge in [-0.05, 0) is 44.2 Å². The highest BCUT2D eigenvalue weighted by Crippen LogP contribution is 2.29. The standard InChI is InChI=1S/C18H22ClN5O/c1-12-10-13(2)16(14(19)11-12)22-18-20-5-4-15(21-18)17(25)24-8-6-23(3)7-9-24/h4-5,10-11H,6-9H2,1-3H3,(H,20,21,22). The Morgan fingerprint density at radius 2 is 1.92 bits per heavy atom. The molecule has 2 aromatic rings. The van der Waals surface area contributed by atoms with Crippen LogP contribution in [-0.2, 0) is 0 Å². The van der Waals surface area contributed by atoms with E-state index in [1.165, 1.54) is 0 Å². The number of halogens is 1. The van der Waals surface area contributed by atoms with Crippen LogP contribution in [0, 0.1) is 13.8 Å². The second-order valence-electron chi connectivity index (χ2n) is 6.42. The number of aryl methyl sites for hydroxylation is 2. The maximum Gasteiger partial charge on any atom is 0.272 e. The van der Waals surface area contributed by atoms with E-state index in [0.717, 1.165) is 29.9 Å². The number of anilines is 2. The highest BCUT2D eigenvalue weighted by molar-refractivity contribution is 6.33. The summed E-state index contributed by atoms with van der Waals surface area (Å²) in [6, 6.07) is 5.57. The number of piperazine rings is 1. The Labute approximate surface area is 152 Å². The van der Waals surface area contributed by atoms with Crippen molar-refractivity contribution in [2.75, 3.05) is 38.5 Å². The SMILES string of the molecule is Cc1cc(C)c(Nc2nccc(C(=O)N3CCN(C)CC3)n2)c(Cl)c1. The molecule has 6 nitrogen and oxygen atoms in total. The van der Waals surface area contributed by atoms with Gasteiger partial charge in [0, 0.05) is 32.4 Å². The zero-order valence-corrected chi connectivity index (χ0v) is 15.5. The molecule has 1 amide bonds. The first-order valence-electron chi connectivity index (χ1n) is 8.28. The number of rotatable bonds is 3. The van der Waals surface area contributed by atoms with Gasteiger partial charge in [0.25, 0.3) is 5.91 Å². The Balaban J connectivity index is 1.79. The van der Waals surface area contributed by atoms with Crippen molar-refractivity contribution in [2.24, 2.45) is 0 Å². The lowest BCUT2D eigenvalue weighted by molar-refractivity contribution is 0.0658. The first kappa shape index (κ1) is 17.6. The summed E-state index contributed by atoms with van der Waals surface area (Å²) in [7, 11) is 2.06. The Kier molecular flexibility index (Phi) is 5.20. The highest BCUT2D eigenvalue weighted by atomic mass is 35.5. The minimum Gasteiger partial charge on any atom is -0.335 e. The predicted molar refractivity (Wildman–Crippen MR) is 99.6 cm³/mol. The third kappa shape index (κ3) is 4.08. The topological polar surface area (TPSA) is 61.4 Å². The van der Waals surface area contributed by atoms with E-state index in [-0.39, 0.29) is 5.91 Å². The fourth-order valence-corrected chi connectivity index (χ4v) is 3.26. The number of amides is 1. The third-order valence-corrected chi connectivity index (χ3v) is 4.63. The molecule has 1 fully saturated rings. The molecule has 1 aromatic heterocycles. The number of benzene rings is 1. The van der Waals surface area contributed by atoms with Crippen molar-refractivity contribution in [3.63, 3.8) is 0 Å². The molecule has 1 aliphatic heterocycles. The average Bonchev–Trinajstić information content (AvgIpc) is 2.58. The molecule has 0 aliphatic carbocycles. The highest BCUT2D eigenvalue weighted by Gasteiger charge is 2.21. The summed E-state index contributed by atoms with van der Waals surface area (Å²) in [5, 5.41) is 3.75. The van der Waals surface area contributed by atoms with Gasteiger partial charge in [0.15, 0.2) is 0 Å². The van der Waals surface area contributed by atoms with Gasteiger partial charge in [-0.25, -0.2) is 9.97 Å². The van der Waals surface area contributed by atoms with Gasteiger partial charge >= 0.3 is 0 Å². The molecular formula is C18H22ClN5O. The van der Waals surface area contributed by atoms with Gasteiger partial charge in [-0.2, -0.15) is 0 Å². The third-order valence-electron chi connectivity index (χ3n) is 4.33. The van der Waals surface area contributed by atoms with E-state index in [1.54, 1.807) is 12.3 Å². The lowest BCUT2D eigenvalue weighted by Crippen LogP contribution is -2.47. The van der Waals surface area contributed by atoms with Crippen LogP contribution in [0.2, 0.25) is 5.02 Å². The lowest BCUT2D eigenvalue weighted by Gasteiger charge is -2.32. The predicted octanol–water partition coefficient (Wildman–Crippen LogP) is 2.88. The molecule has 1 aliphatic rings. The number of hydrogen-bond donors (Lipinski definition) is 1. The molecule has 0 spiro atoms. The largest absolute Gasteiger partial charge is 0.335 e. The van der Waals surface area contributed by atoms with Crippen LogP contribution in [0.15, 0.2) is 24.4 Å². The van der Waals surface area contributed by atoms with Gasteiger partial charge < -0.3 is 15.1 Å².